The van der Waals surface area contributed by atoms with Crippen molar-refractivity contribution in [2.45, 2.75) is 57.6 Å². The van der Waals surface area contributed by atoms with Crippen molar-refractivity contribution in [3.05, 3.63) is 23.9 Å². The van der Waals surface area contributed by atoms with Gasteiger partial charge in [-0.25, -0.2) is 0 Å². The van der Waals surface area contributed by atoms with Gasteiger partial charge in [0, 0.05) is 30.5 Å². The molecule has 4 rings (SSSR count). The SMILES string of the molecule is Cc1cc2cn(C3CCCC(=O)C3)nc2cc1OC1CC1. The summed E-state index contributed by atoms with van der Waals surface area (Å²) in [6.07, 6.45) is 8.19. The molecule has 110 valence electrons. The fourth-order valence-electron chi connectivity index (χ4n) is 3.09. The van der Waals surface area contributed by atoms with Crippen molar-refractivity contribution < 1.29 is 9.53 Å². The Morgan fingerprint density at radius 2 is 2.14 bits per heavy atom. The molecule has 0 bridgehead atoms. The van der Waals surface area contributed by atoms with Crippen molar-refractivity contribution >= 4 is 16.7 Å². The summed E-state index contributed by atoms with van der Waals surface area (Å²) in [5.41, 5.74) is 2.13. The number of nitrogens with zero attached hydrogens (tertiary/aromatic N) is 2. The smallest absolute Gasteiger partial charge is 0.135 e. The van der Waals surface area contributed by atoms with Crippen LogP contribution in [0.3, 0.4) is 0 Å². The van der Waals surface area contributed by atoms with Crippen LogP contribution in [0.15, 0.2) is 18.3 Å². The molecule has 0 spiro atoms. The van der Waals surface area contributed by atoms with Gasteiger partial charge in [-0.15, -0.1) is 0 Å². The number of hydrogen-bond acceptors (Lipinski definition) is 3. The highest BCUT2D eigenvalue weighted by Gasteiger charge is 2.25. The first-order valence-electron chi connectivity index (χ1n) is 7.87. The largest absolute Gasteiger partial charge is 0.490 e. The van der Waals surface area contributed by atoms with E-state index in [-0.39, 0.29) is 6.04 Å². The molecule has 1 aromatic carbocycles. The van der Waals surface area contributed by atoms with Gasteiger partial charge in [-0.1, -0.05) is 0 Å². The summed E-state index contributed by atoms with van der Waals surface area (Å²) in [5.74, 6) is 1.31. The van der Waals surface area contributed by atoms with Crippen molar-refractivity contribution in [1.82, 2.24) is 9.78 Å². The number of ketones is 1. The lowest BCUT2D eigenvalue weighted by atomic mass is 9.94. The summed E-state index contributed by atoms with van der Waals surface area (Å²) in [6.45, 7) is 2.08. The fraction of sp³-hybridized carbons (Fsp3) is 0.529. The van der Waals surface area contributed by atoms with Gasteiger partial charge in [-0.05, 0) is 44.2 Å². The highest BCUT2D eigenvalue weighted by molar-refractivity contribution is 5.82. The van der Waals surface area contributed by atoms with Crippen LogP contribution < -0.4 is 4.74 Å². The number of carbonyl (C=O) groups is 1. The molecule has 0 radical (unpaired) electrons. The molecule has 4 heteroatoms. The lowest BCUT2D eigenvalue weighted by Gasteiger charge is -2.20. The van der Waals surface area contributed by atoms with E-state index in [0.29, 0.717) is 18.3 Å². The first kappa shape index (κ1) is 12.9. The Balaban J connectivity index is 1.66. The molecule has 21 heavy (non-hydrogen) atoms. The lowest BCUT2D eigenvalue weighted by Crippen LogP contribution is -2.19. The number of aromatic nitrogens is 2. The molecule has 2 saturated carbocycles. The summed E-state index contributed by atoms with van der Waals surface area (Å²) in [7, 11) is 0. The highest BCUT2D eigenvalue weighted by atomic mass is 16.5. The number of aryl methyl sites for hydroxylation is 1. The summed E-state index contributed by atoms with van der Waals surface area (Å²) >= 11 is 0. The average Bonchev–Trinajstić information content (AvgIpc) is 3.18. The minimum atomic E-state index is 0.228. The molecule has 0 amide bonds. The molecule has 1 unspecified atom stereocenters. The van der Waals surface area contributed by atoms with Crippen molar-refractivity contribution in [3.63, 3.8) is 0 Å². The molecular formula is C17H20N2O2. The van der Waals surface area contributed by atoms with Gasteiger partial charge >= 0.3 is 0 Å². The number of ether oxygens (including phenoxy) is 1. The molecule has 0 saturated heterocycles. The summed E-state index contributed by atoms with van der Waals surface area (Å²) in [5, 5.41) is 5.82. The second kappa shape index (κ2) is 4.86. The van der Waals surface area contributed by atoms with Gasteiger partial charge in [0.15, 0.2) is 0 Å². The Morgan fingerprint density at radius 3 is 2.90 bits per heavy atom. The first-order chi connectivity index (χ1) is 10.2. The number of rotatable bonds is 3. The highest BCUT2D eigenvalue weighted by Crippen LogP contribution is 2.33. The topological polar surface area (TPSA) is 44.1 Å². The molecule has 0 aliphatic heterocycles. The third kappa shape index (κ3) is 2.55. The Hall–Kier alpha value is -1.84. The van der Waals surface area contributed by atoms with E-state index in [1.807, 2.05) is 10.7 Å². The van der Waals surface area contributed by atoms with E-state index in [1.165, 1.54) is 0 Å². The van der Waals surface area contributed by atoms with Crippen LogP contribution in [-0.4, -0.2) is 21.7 Å². The molecule has 4 nitrogen and oxygen atoms in total. The van der Waals surface area contributed by atoms with E-state index >= 15 is 0 Å². The number of carbonyl (C=O) groups excluding carboxylic acids is 1. The second-order valence-corrected chi connectivity index (χ2v) is 6.39. The van der Waals surface area contributed by atoms with Gasteiger partial charge < -0.3 is 4.74 Å². The van der Waals surface area contributed by atoms with Gasteiger partial charge in [0.1, 0.15) is 11.5 Å². The standard InChI is InChI=1S/C17H20N2O2/c1-11-7-12-10-19(13-3-2-4-14(20)8-13)18-16(12)9-17(11)21-15-5-6-15/h7,9-10,13,15H,2-6,8H2,1H3. The van der Waals surface area contributed by atoms with Crippen molar-refractivity contribution in [2.24, 2.45) is 0 Å². The zero-order chi connectivity index (χ0) is 14.4. The monoisotopic (exact) mass is 284 g/mol. The van der Waals surface area contributed by atoms with Gasteiger partial charge in [0.25, 0.3) is 0 Å². The lowest BCUT2D eigenvalue weighted by molar-refractivity contribution is -0.121. The Labute approximate surface area is 124 Å². The predicted molar refractivity (Wildman–Crippen MR) is 80.6 cm³/mol. The van der Waals surface area contributed by atoms with Crippen LogP contribution in [0, 0.1) is 6.92 Å². The van der Waals surface area contributed by atoms with Crippen molar-refractivity contribution in [1.29, 1.82) is 0 Å². The zero-order valence-electron chi connectivity index (χ0n) is 12.3. The maximum atomic E-state index is 11.6. The molecule has 2 aliphatic carbocycles. The van der Waals surface area contributed by atoms with E-state index in [0.717, 1.165) is 54.3 Å². The van der Waals surface area contributed by atoms with E-state index in [1.54, 1.807) is 0 Å². The van der Waals surface area contributed by atoms with Crippen LogP contribution in [-0.2, 0) is 4.79 Å². The molecule has 2 aliphatic rings. The second-order valence-electron chi connectivity index (χ2n) is 6.39. The van der Waals surface area contributed by atoms with Crippen LogP contribution >= 0.6 is 0 Å². The average molecular weight is 284 g/mol. The van der Waals surface area contributed by atoms with Crippen LogP contribution in [0.25, 0.3) is 10.9 Å². The summed E-state index contributed by atoms with van der Waals surface area (Å²) < 4.78 is 7.92. The number of hydrogen-bond donors (Lipinski definition) is 0. The molecule has 2 fully saturated rings. The molecule has 1 atom stereocenters. The molecular weight excluding hydrogens is 264 g/mol. The van der Waals surface area contributed by atoms with E-state index in [2.05, 4.69) is 24.3 Å². The van der Waals surface area contributed by atoms with Crippen LogP contribution in [0.2, 0.25) is 0 Å². The number of Topliss-reactive ketones (excluding diaryl/α,β-unsaturated/α-hetero) is 1. The normalized spacial score (nSPS) is 22.7. The quantitative estimate of drug-likeness (QED) is 0.865. The van der Waals surface area contributed by atoms with E-state index in [9.17, 15) is 4.79 Å². The van der Waals surface area contributed by atoms with Crippen molar-refractivity contribution in [2.75, 3.05) is 0 Å². The molecule has 0 N–H and O–H groups in total. The maximum absolute atomic E-state index is 11.6. The van der Waals surface area contributed by atoms with Gasteiger partial charge in [0.05, 0.1) is 17.7 Å². The Kier molecular flexibility index (Phi) is 2.98. The fourth-order valence-corrected chi connectivity index (χ4v) is 3.09. The zero-order valence-corrected chi connectivity index (χ0v) is 12.3. The minimum absolute atomic E-state index is 0.228. The summed E-state index contributed by atoms with van der Waals surface area (Å²) in [6, 6.07) is 4.41. The van der Waals surface area contributed by atoms with Gasteiger partial charge in [-0.2, -0.15) is 5.10 Å². The molecule has 1 heterocycles. The van der Waals surface area contributed by atoms with Gasteiger partial charge in [0.2, 0.25) is 0 Å². The van der Waals surface area contributed by atoms with Gasteiger partial charge in [-0.3, -0.25) is 9.48 Å². The maximum Gasteiger partial charge on any atom is 0.135 e. The van der Waals surface area contributed by atoms with E-state index < -0.39 is 0 Å². The van der Waals surface area contributed by atoms with Crippen molar-refractivity contribution in [3.8, 4) is 5.75 Å². The van der Waals surface area contributed by atoms with Crippen LogP contribution in [0.4, 0.5) is 0 Å². The summed E-state index contributed by atoms with van der Waals surface area (Å²) in [4.78, 5) is 11.6. The number of fused-ring (bicyclic) bond motifs is 1. The van der Waals surface area contributed by atoms with Crippen LogP contribution in [0.5, 0.6) is 5.75 Å². The van der Waals surface area contributed by atoms with Crippen LogP contribution in [0.1, 0.15) is 50.1 Å². The third-order valence-electron chi connectivity index (χ3n) is 4.47. The Morgan fingerprint density at radius 1 is 1.29 bits per heavy atom. The molecule has 2 aromatic rings. The van der Waals surface area contributed by atoms with E-state index in [4.69, 9.17) is 4.74 Å². The minimum Gasteiger partial charge on any atom is -0.490 e. The first-order valence-corrected chi connectivity index (χ1v) is 7.87. The third-order valence-corrected chi connectivity index (χ3v) is 4.47. The number of benzene rings is 1. The Bertz CT molecular complexity index is 700. The predicted octanol–water partition coefficient (Wildman–Crippen LogP) is 3.57. The molecule has 1 aromatic heterocycles.